The average molecular weight is 513 g/mol. The van der Waals surface area contributed by atoms with Crippen molar-refractivity contribution in [2.75, 3.05) is 0 Å². The van der Waals surface area contributed by atoms with Gasteiger partial charge in [0, 0.05) is 19.3 Å². The van der Waals surface area contributed by atoms with Gasteiger partial charge in [-0.1, -0.05) is 80.6 Å². The van der Waals surface area contributed by atoms with Crippen LogP contribution in [0.15, 0.2) is 91.3 Å². The summed E-state index contributed by atoms with van der Waals surface area (Å²) in [5.41, 5.74) is 2.24. The Morgan fingerprint density at radius 1 is 0.974 bits per heavy atom. The van der Waals surface area contributed by atoms with E-state index in [1.807, 2.05) is 74.5 Å². The third-order valence-electron chi connectivity index (χ3n) is 6.47. The molecule has 196 valence electrons. The van der Waals surface area contributed by atoms with Crippen molar-refractivity contribution in [3.05, 3.63) is 108 Å². The largest absolute Gasteiger partial charge is 0.371 e. The van der Waals surface area contributed by atoms with Crippen molar-refractivity contribution in [1.29, 1.82) is 0 Å². The number of aliphatic hydroxyl groups is 1. The summed E-state index contributed by atoms with van der Waals surface area (Å²) in [5.74, 6) is -1.41. The molecule has 3 aromatic rings. The van der Waals surface area contributed by atoms with E-state index in [2.05, 4.69) is 10.3 Å². The maximum absolute atomic E-state index is 14.4. The third kappa shape index (κ3) is 5.81. The summed E-state index contributed by atoms with van der Waals surface area (Å²) in [6.45, 7) is 5.06. The molecule has 8 heteroatoms. The van der Waals surface area contributed by atoms with Gasteiger partial charge in [-0.15, -0.1) is 0 Å². The van der Waals surface area contributed by atoms with Gasteiger partial charge in [0.15, 0.2) is 0 Å². The highest BCUT2D eigenvalue weighted by atomic mass is 16.3. The lowest BCUT2D eigenvalue weighted by Crippen LogP contribution is -2.61. The van der Waals surface area contributed by atoms with Crippen LogP contribution in [-0.2, 0) is 16.0 Å². The molecule has 0 radical (unpaired) electrons. The van der Waals surface area contributed by atoms with Crippen LogP contribution in [-0.4, -0.2) is 55.9 Å². The van der Waals surface area contributed by atoms with Gasteiger partial charge in [-0.2, -0.15) is 0 Å². The first-order valence-corrected chi connectivity index (χ1v) is 12.6. The molecule has 0 aliphatic carbocycles. The Hall–Kier alpha value is -4.30. The Kier molecular flexibility index (Phi) is 8.33. The van der Waals surface area contributed by atoms with E-state index in [1.54, 1.807) is 24.4 Å². The van der Waals surface area contributed by atoms with Crippen LogP contribution in [0.5, 0.6) is 0 Å². The van der Waals surface area contributed by atoms with E-state index in [1.165, 1.54) is 22.9 Å². The Balaban J connectivity index is 1.88. The molecule has 1 aliphatic rings. The molecule has 0 spiro atoms. The molecule has 1 aliphatic heterocycles. The standard InChI is InChI=1S/C30H32N4O4/c1-20(2)27-30(38)34(25(28(36)32-21(3)35)18-22-12-6-4-7-13-22)26(23-14-8-5-9-15-23)19-33(27)29(37)24-16-10-11-17-31-24/h4-17,19-20,25,27-28,36H,18H2,1-3H3,(H,32,35)/t25-,27+,28?/m0/s1. The van der Waals surface area contributed by atoms with Crippen LogP contribution >= 0.6 is 0 Å². The lowest BCUT2D eigenvalue weighted by atomic mass is 9.93. The van der Waals surface area contributed by atoms with E-state index in [-0.39, 0.29) is 23.9 Å². The monoisotopic (exact) mass is 512 g/mol. The van der Waals surface area contributed by atoms with Crippen molar-refractivity contribution in [3.8, 4) is 0 Å². The normalized spacial score (nSPS) is 17.1. The van der Waals surface area contributed by atoms with Gasteiger partial charge in [-0.25, -0.2) is 0 Å². The van der Waals surface area contributed by atoms with E-state index >= 15 is 0 Å². The Bertz CT molecular complexity index is 1300. The lowest BCUT2D eigenvalue weighted by molar-refractivity contribution is -0.140. The quantitative estimate of drug-likeness (QED) is 0.450. The van der Waals surface area contributed by atoms with E-state index in [9.17, 15) is 19.5 Å². The number of hydrogen-bond donors (Lipinski definition) is 2. The first-order chi connectivity index (χ1) is 18.3. The van der Waals surface area contributed by atoms with Gasteiger partial charge in [0.1, 0.15) is 18.0 Å². The van der Waals surface area contributed by atoms with Crippen molar-refractivity contribution in [2.45, 2.75) is 45.5 Å². The summed E-state index contributed by atoms with van der Waals surface area (Å²) in [6.07, 6.45) is 2.13. The van der Waals surface area contributed by atoms with E-state index in [4.69, 9.17) is 0 Å². The highest BCUT2D eigenvalue weighted by molar-refractivity contribution is 6.02. The predicted octanol–water partition coefficient (Wildman–Crippen LogP) is 3.46. The molecule has 2 heterocycles. The van der Waals surface area contributed by atoms with Gasteiger partial charge in [-0.3, -0.25) is 24.3 Å². The van der Waals surface area contributed by atoms with Crippen LogP contribution in [0.4, 0.5) is 0 Å². The minimum absolute atomic E-state index is 0.224. The molecule has 1 aromatic heterocycles. The molecule has 0 fully saturated rings. The molecular formula is C30H32N4O4. The summed E-state index contributed by atoms with van der Waals surface area (Å²) in [4.78, 5) is 47.1. The van der Waals surface area contributed by atoms with Crippen molar-refractivity contribution in [3.63, 3.8) is 0 Å². The number of rotatable bonds is 8. The van der Waals surface area contributed by atoms with Gasteiger partial charge >= 0.3 is 0 Å². The van der Waals surface area contributed by atoms with Gasteiger partial charge in [-0.05, 0) is 35.6 Å². The fourth-order valence-electron chi connectivity index (χ4n) is 4.74. The lowest BCUT2D eigenvalue weighted by Gasteiger charge is -2.45. The van der Waals surface area contributed by atoms with Crippen LogP contribution in [0.2, 0.25) is 0 Å². The molecule has 3 amide bonds. The highest BCUT2D eigenvalue weighted by Crippen LogP contribution is 2.34. The van der Waals surface area contributed by atoms with Crippen molar-refractivity contribution < 1.29 is 19.5 Å². The number of aliphatic hydroxyl groups excluding tert-OH is 1. The van der Waals surface area contributed by atoms with Crippen molar-refractivity contribution in [2.24, 2.45) is 5.92 Å². The summed E-state index contributed by atoms with van der Waals surface area (Å²) in [7, 11) is 0. The fraction of sp³-hybridized carbons (Fsp3) is 0.267. The number of aromatic nitrogens is 1. The van der Waals surface area contributed by atoms with Gasteiger partial charge in [0.2, 0.25) is 5.91 Å². The van der Waals surface area contributed by atoms with Gasteiger partial charge in [0.05, 0.1) is 11.7 Å². The summed E-state index contributed by atoms with van der Waals surface area (Å²) < 4.78 is 0. The number of benzene rings is 2. The topological polar surface area (TPSA) is 103 Å². The molecule has 2 aromatic carbocycles. The maximum atomic E-state index is 14.4. The minimum atomic E-state index is -1.35. The van der Waals surface area contributed by atoms with Crippen LogP contribution in [0, 0.1) is 5.92 Å². The number of carbonyl (C=O) groups is 3. The molecule has 0 bridgehead atoms. The second-order valence-corrected chi connectivity index (χ2v) is 9.61. The molecule has 2 N–H and O–H groups in total. The number of amides is 3. The second-order valence-electron chi connectivity index (χ2n) is 9.61. The molecule has 8 nitrogen and oxygen atoms in total. The highest BCUT2D eigenvalue weighted by Gasteiger charge is 2.45. The average Bonchev–Trinajstić information content (AvgIpc) is 2.92. The molecule has 0 saturated carbocycles. The molecule has 1 unspecified atom stereocenters. The zero-order chi connectivity index (χ0) is 27.2. The first-order valence-electron chi connectivity index (χ1n) is 12.6. The fourth-order valence-corrected chi connectivity index (χ4v) is 4.74. The van der Waals surface area contributed by atoms with Crippen LogP contribution in [0.3, 0.4) is 0 Å². The molecule has 3 atom stereocenters. The number of carbonyl (C=O) groups excluding carboxylic acids is 3. The van der Waals surface area contributed by atoms with E-state index < -0.39 is 30.1 Å². The Morgan fingerprint density at radius 3 is 2.18 bits per heavy atom. The minimum Gasteiger partial charge on any atom is -0.371 e. The number of nitrogens with one attached hydrogen (secondary N) is 1. The smallest absolute Gasteiger partial charge is 0.277 e. The number of hydrogen-bond acceptors (Lipinski definition) is 5. The van der Waals surface area contributed by atoms with Crippen LogP contribution < -0.4 is 5.32 Å². The summed E-state index contributed by atoms with van der Waals surface area (Å²) in [6, 6.07) is 22.1. The van der Waals surface area contributed by atoms with Crippen LogP contribution in [0.1, 0.15) is 42.4 Å². The molecule has 0 saturated heterocycles. The third-order valence-corrected chi connectivity index (χ3v) is 6.47. The predicted molar refractivity (Wildman–Crippen MR) is 144 cm³/mol. The first kappa shape index (κ1) is 26.8. The molecule has 4 rings (SSSR count). The van der Waals surface area contributed by atoms with Crippen LogP contribution in [0.25, 0.3) is 5.70 Å². The van der Waals surface area contributed by atoms with Crippen molar-refractivity contribution in [1.82, 2.24) is 20.1 Å². The number of nitrogens with zero attached hydrogens (tertiary/aromatic N) is 3. The second kappa shape index (κ2) is 11.8. The SMILES string of the molecule is CC(=O)NC(O)[C@H](Cc1ccccc1)N1C(=O)[C@@H](C(C)C)N(C(=O)c2ccccn2)C=C1c1ccccc1. The van der Waals surface area contributed by atoms with Gasteiger partial charge in [0.25, 0.3) is 11.8 Å². The summed E-state index contributed by atoms with van der Waals surface area (Å²) in [5, 5.41) is 13.8. The zero-order valence-electron chi connectivity index (χ0n) is 21.7. The molecule has 38 heavy (non-hydrogen) atoms. The van der Waals surface area contributed by atoms with E-state index in [0.29, 0.717) is 11.3 Å². The van der Waals surface area contributed by atoms with Gasteiger partial charge < -0.3 is 15.3 Å². The molecular weight excluding hydrogens is 480 g/mol. The van der Waals surface area contributed by atoms with E-state index in [0.717, 1.165) is 5.56 Å². The number of pyridine rings is 1. The Labute approximate surface area is 222 Å². The summed E-state index contributed by atoms with van der Waals surface area (Å²) >= 11 is 0. The maximum Gasteiger partial charge on any atom is 0.277 e. The zero-order valence-corrected chi connectivity index (χ0v) is 21.7. The Morgan fingerprint density at radius 2 is 1.61 bits per heavy atom. The van der Waals surface area contributed by atoms with Crippen molar-refractivity contribution >= 4 is 23.4 Å².